The third-order valence-electron chi connectivity index (χ3n) is 2.03. The topological polar surface area (TPSA) is 12.0 Å². The fourth-order valence-electron chi connectivity index (χ4n) is 1.32. The largest absolute Gasteiger partial charge is 0.314 e. The van der Waals surface area contributed by atoms with Gasteiger partial charge in [-0.15, -0.1) is 0 Å². The van der Waals surface area contributed by atoms with Crippen molar-refractivity contribution in [1.82, 2.24) is 5.32 Å². The first kappa shape index (κ1) is 12.3. The molecule has 0 aromatic heterocycles. The van der Waals surface area contributed by atoms with Crippen LogP contribution in [0.1, 0.15) is 40.0 Å². The molecule has 0 aliphatic heterocycles. The summed E-state index contributed by atoms with van der Waals surface area (Å²) in [6.45, 7) is 7.79. The SMILES string of the molecule is CCNC(CC)CCCSCC. The van der Waals surface area contributed by atoms with Gasteiger partial charge in [0.05, 0.1) is 0 Å². The zero-order valence-corrected chi connectivity index (χ0v) is 9.54. The van der Waals surface area contributed by atoms with Crippen LogP contribution >= 0.6 is 11.8 Å². The molecule has 0 spiro atoms. The molecule has 12 heavy (non-hydrogen) atoms. The van der Waals surface area contributed by atoms with Crippen LogP contribution < -0.4 is 5.32 Å². The fraction of sp³-hybridized carbons (Fsp3) is 1.00. The molecule has 0 aliphatic carbocycles. The molecule has 0 radical (unpaired) electrons. The summed E-state index contributed by atoms with van der Waals surface area (Å²) in [5.74, 6) is 2.59. The van der Waals surface area contributed by atoms with Gasteiger partial charge in [0.25, 0.3) is 0 Å². The zero-order chi connectivity index (χ0) is 9.23. The Morgan fingerprint density at radius 1 is 1.25 bits per heavy atom. The minimum Gasteiger partial charge on any atom is -0.314 e. The van der Waals surface area contributed by atoms with Gasteiger partial charge in [0.15, 0.2) is 0 Å². The van der Waals surface area contributed by atoms with Crippen LogP contribution in [0.15, 0.2) is 0 Å². The predicted octanol–water partition coefficient (Wildman–Crippen LogP) is 2.91. The normalized spacial score (nSPS) is 13.2. The molecule has 0 heterocycles. The van der Waals surface area contributed by atoms with Gasteiger partial charge >= 0.3 is 0 Å². The molecule has 0 amide bonds. The van der Waals surface area contributed by atoms with E-state index in [1.54, 1.807) is 0 Å². The summed E-state index contributed by atoms with van der Waals surface area (Å²) in [7, 11) is 0. The van der Waals surface area contributed by atoms with Crippen LogP contribution in [-0.4, -0.2) is 24.1 Å². The van der Waals surface area contributed by atoms with E-state index in [1.807, 2.05) is 0 Å². The van der Waals surface area contributed by atoms with Crippen molar-refractivity contribution in [2.75, 3.05) is 18.1 Å². The quantitative estimate of drug-likeness (QED) is 0.589. The molecule has 0 bridgehead atoms. The highest BCUT2D eigenvalue weighted by Gasteiger charge is 2.02. The summed E-state index contributed by atoms with van der Waals surface area (Å²) in [4.78, 5) is 0. The summed E-state index contributed by atoms with van der Waals surface area (Å²) < 4.78 is 0. The van der Waals surface area contributed by atoms with Crippen molar-refractivity contribution in [3.8, 4) is 0 Å². The lowest BCUT2D eigenvalue weighted by Crippen LogP contribution is -2.28. The molecular formula is C10H23NS. The van der Waals surface area contributed by atoms with Gasteiger partial charge in [-0.05, 0) is 37.3 Å². The first-order valence-corrected chi connectivity index (χ1v) is 6.31. The molecule has 74 valence electrons. The van der Waals surface area contributed by atoms with E-state index >= 15 is 0 Å². The summed E-state index contributed by atoms with van der Waals surface area (Å²) in [6, 6.07) is 0.757. The Kier molecular flexibility index (Phi) is 9.64. The average molecular weight is 189 g/mol. The van der Waals surface area contributed by atoms with Crippen LogP contribution in [0, 0.1) is 0 Å². The summed E-state index contributed by atoms with van der Waals surface area (Å²) in [5.41, 5.74) is 0. The number of nitrogens with one attached hydrogen (secondary N) is 1. The van der Waals surface area contributed by atoms with E-state index in [9.17, 15) is 0 Å². The molecule has 0 saturated carbocycles. The zero-order valence-electron chi connectivity index (χ0n) is 8.73. The van der Waals surface area contributed by atoms with Gasteiger partial charge in [0.1, 0.15) is 0 Å². The predicted molar refractivity (Wildman–Crippen MR) is 60.0 cm³/mol. The molecule has 0 aromatic carbocycles. The van der Waals surface area contributed by atoms with E-state index in [4.69, 9.17) is 0 Å². The second-order valence-electron chi connectivity index (χ2n) is 3.00. The Morgan fingerprint density at radius 3 is 2.50 bits per heavy atom. The van der Waals surface area contributed by atoms with Crippen molar-refractivity contribution in [1.29, 1.82) is 0 Å². The monoisotopic (exact) mass is 189 g/mol. The van der Waals surface area contributed by atoms with Gasteiger partial charge in [0, 0.05) is 6.04 Å². The molecule has 0 aromatic rings. The lowest BCUT2D eigenvalue weighted by molar-refractivity contribution is 0.477. The second-order valence-corrected chi connectivity index (χ2v) is 4.40. The van der Waals surface area contributed by atoms with Crippen molar-refractivity contribution in [2.24, 2.45) is 0 Å². The Morgan fingerprint density at radius 2 is 2.00 bits per heavy atom. The second kappa shape index (κ2) is 9.40. The fourth-order valence-corrected chi connectivity index (χ4v) is 1.97. The van der Waals surface area contributed by atoms with Crippen molar-refractivity contribution in [3.05, 3.63) is 0 Å². The van der Waals surface area contributed by atoms with E-state index in [-0.39, 0.29) is 0 Å². The molecular weight excluding hydrogens is 166 g/mol. The van der Waals surface area contributed by atoms with E-state index in [0.717, 1.165) is 12.6 Å². The lowest BCUT2D eigenvalue weighted by atomic mass is 10.1. The lowest BCUT2D eigenvalue weighted by Gasteiger charge is -2.14. The van der Waals surface area contributed by atoms with Crippen LogP contribution in [0.3, 0.4) is 0 Å². The van der Waals surface area contributed by atoms with Crippen LogP contribution in [0.2, 0.25) is 0 Å². The average Bonchev–Trinajstić information content (AvgIpc) is 2.10. The van der Waals surface area contributed by atoms with Gasteiger partial charge in [-0.3, -0.25) is 0 Å². The van der Waals surface area contributed by atoms with E-state index in [0.29, 0.717) is 0 Å². The van der Waals surface area contributed by atoms with E-state index < -0.39 is 0 Å². The molecule has 0 rings (SSSR count). The van der Waals surface area contributed by atoms with Crippen LogP contribution in [0.4, 0.5) is 0 Å². The molecule has 0 saturated heterocycles. The van der Waals surface area contributed by atoms with Crippen molar-refractivity contribution < 1.29 is 0 Å². The third kappa shape index (κ3) is 6.99. The minimum atomic E-state index is 0.757. The highest BCUT2D eigenvalue weighted by molar-refractivity contribution is 7.99. The van der Waals surface area contributed by atoms with Crippen LogP contribution in [0.25, 0.3) is 0 Å². The first-order chi connectivity index (χ1) is 5.85. The molecule has 0 fully saturated rings. The number of hydrogen-bond donors (Lipinski definition) is 1. The summed E-state index contributed by atoms with van der Waals surface area (Å²) >= 11 is 2.05. The maximum absolute atomic E-state index is 3.50. The molecule has 1 N–H and O–H groups in total. The van der Waals surface area contributed by atoms with Crippen LogP contribution in [0.5, 0.6) is 0 Å². The Balaban J connectivity index is 3.19. The van der Waals surface area contributed by atoms with Gasteiger partial charge in [-0.25, -0.2) is 0 Å². The van der Waals surface area contributed by atoms with E-state index in [1.165, 1.54) is 30.8 Å². The Bertz CT molecular complexity index is 85.9. The third-order valence-corrected chi connectivity index (χ3v) is 3.02. The standard InChI is InChI=1S/C10H23NS/c1-4-10(11-5-2)8-7-9-12-6-3/h10-11H,4-9H2,1-3H3. The van der Waals surface area contributed by atoms with Crippen molar-refractivity contribution >= 4 is 11.8 Å². The Labute approximate surface area is 81.7 Å². The maximum Gasteiger partial charge on any atom is 0.00646 e. The molecule has 2 heteroatoms. The summed E-state index contributed by atoms with van der Waals surface area (Å²) in [5, 5.41) is 3.50. The highest BCUT2D eigenvalue weighted by Crippen LogP contribution is 2.07. The van der Waals surface area contributed by atoms with E-state index in [2.05, 4.69) is 37.8 Å². The molecule has 1 atom stereocenters. The molecule has 1 nitrogen and oxygen atoms in total. The molecule has 0 aliphatic rings. The van der Waals surface area contributed by atoms with Crippen LogP contribution in [-0.2, 0) is 0 Å². The summed E-state index contributed by atoms with van der Waals surface area (Å²) in [6.07, 6.45) is 3.98. The van der Waals surface area contributed by atoms with Gasteiger partial charge < -0.3 is 5.32 Å². The highest BCUT2D eigenvalue weighted by atomic mass is 32.2. The van der Waals surface area contributed by atoms with Crippen molar-refractivity contribution in [3.63, 3.8) is 0 Å². The van der Waals surface area contributed by atoms with Gasteiger partial charge in [0.2, 0.25) is 0 Å². The van der Waals surface area contributed by atoms with Crippen molar-refractivity contribution in [2.45, 2.75) is 46.1 Å². The number of rotatable bonds is 8. The van der Waals surface area contributed by atoms with Gasteiger partial charge in [-0.1, -0.05) is 20.8 Å². The Hall–Kier alpha value is 0.310. The maximum atomic E-state index is 3.50. The number of hydrogen-bond acceptors (Lipinski definition) is 2. The molecule has 1 unspecified atom stereocenters. The first-order valence-electron chi connectivity index (χ1n) is 5.16. The minimum absolute atomic E-state index is 0.757. The number of thioether (sulfide) groups is 1. The smallest absolute Gasteiger partial charge is 0.00646 e. The van der Waals surface area contributed by atoms with Gasteiger partial charge in [-0.2, -0.15) is 11.8 Å².